The fraction of sp³-hybridized carbons (Fsp3) is 0.471. The number of fused-ring (bicyclic) bond motifs is 6. The van der Waals surface area contributed by atoms with Crippen molar-refractivity contribution in [2.75, 3.05) is 116 Å². The van der Waals surface area contributed by atoms with Crippen molar-refractivity contribution in [2.24, 2.45) is 0 Å². The summed E-state index contributed by atoms with van der Waals surface area (Å²) in [5.41, 5.74) is 14.6. The molecule has 1 aliphatic carbocycles. The van der Waals surface area contributed by atoms with Crippen molar-refractivity contribution in [1.82, 2.24) is 4.90 Å². The number of aryl methyl sites for hydroxylation is 1. The first-order chi connectivity index (χ1) is 47.5. The largest absolute Gasteiger partial charge is 0.544 e. The van der Waals surface area contributed by atoms with Gasteiger partial charge in [0.2, 0.25) is 8.32 Å². The number of allylic oxidation sites excluding steroid dienone is 5. The molecule has 0 atom stereocenters. The number of carbonyl (C=O) groups is 3. The van der Waals surface area contributed by atoms with Gasteiger partial charge >= 0.3 is 0 Å². The topological polar surface area (TPSA) is 93.6 Å². The molecule has 6 aromatic carbocycles. The summed E-state index contributed by atoms with van der Waals surface area (Å²) in [6, 6.07) is 37.6. The molecule has 0 aromatic heterocycles. The quantitative estimate of drug-likeness (QED) is 0.0398. The number of phenolic OH excluding ortho intramolecular Hbond substituents is 1. The van der Waals surface area contributed by atoms with E-state index in [-0.39, 0.29) is 43.0 Å². The van der Waals surface area contributed by atoms with E-state index < -0.39 is 39.9 Å². The van der Waals surface area contributed by atoms with Crippen LogP contribution in [0.1, 0.15) is 124 Å². The molecule has 4 aliphatic rings. The summed E-state index contributed by atoms with van der Waals surface area (Å²) < 4.78 is 6.55. The number of benzene rings is 6. The summed E-state index contributed by atoms with van der Waals surface area (Å²) in [7, 11) is 2.90. The molecular weight excluding hydrogens is 1460 g/mol. The van der Waals surface area contributed by atoms with E-state index >= 15 is 0 Å². The first-order valence-electron chi connectivity index (χ1n) is 36.2. The Bertz CT molecular complexity index is 4080. The van der Waals surface area contributed by atoms with E-state index in [0.717, 1.165) is 69.4 Å². The standard InChI is InChI=1S/C37H52N2OS4Si.C23H33NO2Si2.C17H19NO2Si.C6H15ClSi.2CH4/c1-8-41-20-22-43-18-16-39(17-19-44-23-21-42-9-2)27-29-10-13-32(28(3)24-29)37-33-14-11-30(38(4)5)25-35(33)45(6,7)36-26-31(40)12-15-34(36)37;1-23(2,3)28(8,9)26-17-11-13-19-21(15-17)27(6,7)20-14-16(24(4)5)10-12-18(20)22(19)25;1-18(2)11-5-7-13-15(9-11)21(3,4)16-10-12(19)6-8-14(16)17(13)20;1-6(2,3)8(4,5)7;;/h10-15,24-26H,8-9,16-23,27H2,1-7H3;10-15H,1-9H3;5-10,19H,1-4H3;1-5H3;2*1H4. The molecule has 0 amide bonds. The third kappa shape index (κ3) is 21.4. The van der Waals surface area contributed by atoms with E-state index in [1.807, 2.05) is 99.1 Å². The molecule has 568 valence electrons. The van der Waals surface area contributed by atoms with Gasteiger partial charge in [0.15, 0.2) is 24.7 Å². The van der Waals surface area contributed by atoms with E-state index in [1.54, 1.807) is 24.3 Å². The Morgan fingerprint density at radius 1 is 0.490 bits per heavy atom. The van der Waals surface area contributed by atoms with Crippen LogP contribution in [0.4, 0.5) is 17.1 Å². The number of anilines is 3. The van der Waals surface area contributed by atoms with Crippen molar-refractivity contribution in [2.45, 2.75) is 159 Å². The van der Waals surface area contributed by atoms with Gasteiger partial charge in [-0.1, -0.05) is 153 Å². The second-order valence-corrected chi connectivity index (χ2v) is 62.8. The van der Waals surface area contributed by atoms with Crippen LogP contribution >= 0.6 is 58.1 Å². The van der Waals surface area contributed by atoms with Gasteiger partial charge in [-0.15, -0.1) is 0 Å². The number of phenols is 1. The highest BCUT2D eigenvalue weighted by Crippen LogP contribution is 2.44. The lowest BCUT2D eigenvalue weighted by molar-refractivity contribution is -0.110. The van der Waals surface area contributed by atoms with E-state index in [0.29, 0.717) is 5.04 Å². The number of ketones is 3. The summed E-state index contributed by atoms with van der Waals surface area (Å²) in [6.07, 6.45) is 5.77. The molecule has 9 nitrogen and oxygen atoms in total. The molecular formula is C85H127ClN4O5S4Si5. The van der Waals surface area contributed by atoms with E-state index in [4.69, 9.17) is 15.5 Å². The number of rotatable bonds is 22. The molecule has 10 rings (SSSR count). The van der Waals surface area contributed by atoms with Crippen molar-refractivity contribution in [3.05, 3.63) is 183 Å². The van der Waals surface area contributed by atoms with Gasteiger partial charge in [-0.05, 0) is 203 Å². The van der Waals surface area contributed by atoms with Crippen molar-refractivity contribution in [3.8, 4) is 11.5 Å². The number of aromatic hydroxyl groups is 1. The Morgan fingerprint density at radius 2 is 0.885 bits per heavy atom. The Labute approximate surface area is 656 Å². The fourth-order valence-electron chi connectivity index (χ4n) is 12.8. The summed E-state index contributed by atoms with van der Waals surface area (Å²) in [4.78, 5) is 47.6. The lowest BCUT2D eigenvalue weighted by atomic mass is 9.87. The molecule has 0 saturated heterocycles. The van der Waals surface area contributed by atoms with Crippen molar-refractivity contribution in [1.29, 1.82) is 0 Å². The first kappa shape index (κ1) is 89.9. The average molecular weight is 1590 g/mol. The molecule has 3 heterocycles. The van der Waals surface area contributed by atoms with Crippen LogP contribution in [0.15, 0.2) is 138 Å². The minimum Gasteiger partial charge on any atom is -0.544 e. The summed E-state index contributed by atoms with van der Waals surface area (Å²) in [5, 5.41) is 17.5. The lowest BCUT2D eigenvalue weighted by Gasteiger charge is -2.38. The maximum absolute atomic E-state index is 13.2. The van der Waals surface area contributed by atoms with Crippen LogP contribution in [0.25, 0.3) is 5.57 Å². The van der Waals surface area contributed by atoms with Crippen LogP contribution in [-0.4, -0.2) is 169 Å². The molecule has 0 saturated carbocycles. The zero-order valence-corrected chi connectivity index (χ0v) is 75.3. The van der Waals surface area contributed by atoms with E-state index in [2.05, 4.69) is 241 Å². The highest BCUT2D eigenvalue weighted by Gasteiger charge is 2.44. The molecule has 0 radical (unpaired) electrons. The number of carbonyl (C=O) groups excluding carboxylic acids is 3. The summed E-state index contributed by atoms with van der Waals surface area (Å²) >= 11 is 14.4. The van der Waals surface area contributed by atoms with Crippen LogP contribution in [0, 0.1) is 6.92 Å². The summed E-state index contributed by atoms with van der Waals surface area (Å²) in [6.45, 7) is 46.2. The number of nitrogens with zero attached hydrogens (tertiary/aromatic N) is 4. The first-order valence-corrected chi connectivity index (χ1v) is 56.8. The maximum Gasteiger partial charge on any atom is 0.250 e. The van der Waals surface area contributed by atoms with Crippen LogP contribution in [0.2, 0.25) is 75.5 Å². The van der Waals surface area contributed by atoms with Gasteiger partial charge in [0.05, 0.1) is 0 Å². The molecule has 0 bridgehead atoms. The normalized spacial score (nSPS) is 15.1. The van der Waals surface area contributed by atoms with Gasteiger partial charge in [0, 0.05) is 136 Å². The molecule has 104 heavy (non-hydrogen) atoms. The van der Waals surface area contributed by atoms with Crippen molar-refractivity contribution >= 4 is 164 Å². The van der Waals surface area contributed by atoms with E-state index in [1.165, 1.54) is 106 Å². The highest BCUT2D eigenvalue weighted by molar-refractivity contribution is 8.03. The van der Waals surface area contributed by atoms with Crippen LogP contribution < -0.4 is 45.1 Å². The second kappa shape index (κ2) is 37.1. The maximum atomic E-state index is 13.2. The molecule has 0 unspecified atom stereocenters. The number of hydrogen-bond acceptors (Lipinski definition) is 13. The van der Waals surface area contributed by atoms with Crippen molar-refractivity contribution < 1.29 is 23.9 Å². The smallest absolute Gasteiger partial charge is 0.250 e. The Hall–Kier alpha value is -4.72. The van der Waals surface area contributed by atoms with Crippen LogP contribution in [-0.2, 0) is 11.3 Å². The van der Waals surface area contributed by atoms with Gasteiger partial charge in [0.25, 0.3) is 0 Å². The lowest BCUT2D eigenvalue weighted by Crippen LogP contribution is -2.60. The molecule has 19 heteroatoms. The second-order valence-electron chi connectivity index (χ2n) is 32.6. The van der Waals surface area contributed by atoms with Gasteiger partial charge in [-0.3, -0.25) is 19.3 Å². The van der Waals surface area contributed by atoms with Gasteiger partial charge in [-0.25, -0.2) is 0 Å². The number of halogens is 1. The minimum atomic E-state index is -2.07. The molecule has 0 fully saturated rings. The zero-order valence-electron chi connectivity index (χ0n) is 66.3. The van der Waals surface area contributed by atoms with Gasteiger partial charge in [-0.2, -0.15) is 58.1 Å². The van der Waals surface area contributed by atoms with Crippen LogP contribution in [0.5, 0.6) is 11.5 Å². The third-order valence-electron chi connectivity index (χ3n) is 21.3. The minimum absolute atomic E-state index is 0. The number of thioether (sulfide) groups is 4. The molecule has 0 spiro atoms. The molecule has 6 aromatic rings. The SMILES string of the molecule is C.C.CC(C)(C)[Si](C)(C)Cl.CCSCCSCCN(CCSCCSCC)Cc1ccc(C2=C3C=CC(=O)C=C3[Si](C)(C)c3cc(N(C)C)ccc32)c(C)c1.CN(C)c1ccc2c(c1)[Si](C)(C)c1cc(O)ccc1C2=O.CN(C)c1ccc2c(c1)[Si](C)(C)c1cc(O[Si](C)(C)C(C)(C)C)ccc1C2=O. The summed E-state index contributed by atoms with van der Waals surface area (Å²) in [5.74, 6) is 11.3. The monoisotopic (exact) mass is 1590 g/mol. The predicted octanol–water partition coefficient (Wildman–Crippen LogP) is 19.0. The molecule has 1 N–H and O–H groups in total. The van der Waals surface area contributed by atoms with E-state index in [9.17, 15) is 19.5 Å². The third-order valence-corrected chi connectivity index (χ3v) is 45.7. The fourth-order valence-corrected chi connectivity index (χ4v) is 26.6. The van der Waals surface area contributed by atoms with Crippen LogP contribution in [0.3, 0.4) is 0 Å². The van der Waals surface area contributed by atoms with Crippen molar-refractivity contribution in [3.63, 3.8) is 0 Å². The zero-order chi connectivity index (χ0) is 75.8. The Balaban J connectivity index is 0.000000280. The predicted molar refractivity (Wildman–Crippen MR) is 484 cm³/mol. The Kier molecular flexibility index (Phi) is 32.1. The van der Waals surface area contributed by atoms with Gasteiger partial charge < -0.3 is 24.2 Å². The highest BCUT2D eigenvalue weighted by atomic mass is 35.6. The Morgan fingerprint density at radius 3 is 1.31 bits per heavy atom. The average Bonchev–Trinajstić information content (AvgIpc) is 0.717. The van der Waals surface area contributed by atoms with Gasteiger partial charge in [0.1, 0.15) is 35.7 Å². The number of hydrogen-bond donors (Lipinski definition) is 1. The molecule has 3 aliphatic heterocycles.